The number of ether oxygens (including phenoxy) is 2. The predicted molar refractivity (Wildman–Crippen MR) is 99.0 cm³/mol. The summed E-state index contributed by atoms with van der Waals surface area (Å²) < 4.78 is 10.1. The number of carbonyl (C=O) groups excluding carboxylic acids is 3. The second-order valence-corrected chi connectivity index (χ2v) is 6.75. The molecular formula is C19H28N2O5. The number of nitrogens with one attached hydrogen (secondary N) is 2. The van der Waals surface area contributed by atoms with Crippen LogP contribution in [0, 0.1) is 0 Å². The van der Waals surface area contributed by atoms with E-state index >= 15 is 0 Å². The van der Waals surface area contributed by atoms with Crippen molar-refractivity contribution < 1.29 is 23.9 Å². The summed E-state index contributed by atoms with van der Waals surface area (Å²) in [5, 5.41) is 5.50. The van der Waals surface area contributed by atoms with Gasteiger partial charge in [0.2, 0.25) is 0 Å². The van der Waals surface area contributed by atoms with Gasteiger partial charge >= 0.3 is 12.1 Å². The first-order chi connectivity index (χ1) is 12.2. The normalized spacial score (nSPS) is 12.0. The lowest BCUT2D eigenvalue weighted by molar-refractivity contribution is -0.145. The van der Waals surface area contributed by atoms with Crippen molar-refractivity contribution in [1.82, 2.24) is 5.32 Å². The Balaban J connectivity index is 2.52. The van der Waals surface area contributed by atoms with Gasteiger partial charge in [0.05, 0.1) is 13.2 Å². The van der Waals surface area contributed by atoms with Crippen LogP contribution in [-0.2, 0) is 19.1 Å². The van der Waals surface area contributed by atoms with Crippen LogP contribution < -0.4 is 10.6 Å². The Bertz CT molecular complexity index is 596. The van der Waals surface area contributed by atoms with E-state index in [4.69, 9.17) is 9.47 Å². The molecule has 7 heteroatoms. The maximum absolute atomic E-state index is 12.1. The van der Waals surface area contributed by atoms with Gasteiger partial charge < -0.3 is 20.1 Å². The Morgan fingerprint density at radius 3 is 2.35 bits per heavy atom. The van der Waals surface area contributed by atoms with E-state index in [1.807, 2.05) is 30.3 Å². The number of ketones is 1. The molecule has 2 N–H and O–H groups in total. The second kappa shape index (κ2) is 10.4. The lowest BCUT2D eigenvalue weighted by Gasteiger charge is -2.22. The highest BCUT2D eigenvalue weighted by molar-refractivity contribution is 5.85. The molecular weight excluding hydrogens is 336 g/mol. The highest BCUT2D eigenvalue weighted by Gasteiger charge is 2.25. The highest BCUT2D eigenvalue weighted by atomic mass is 16.6. The third-order valence-electron chi connectivity index (χ3n) is 3.24. The summed E-state index contributed by atoms with van der Waals surface area (Å²) in [7, 11) is 0. The topological polar surface area (TPSA) is 93.7 Å². The molecule has 0 aliphatic rings. The van der Waals surface area contributed by atoms with E-state index in [0.717, 1.165) is 5.69 Å². The van der Waals surface area contributed by atoms with Crippen molar-refractivity contribution in [3.63, 3.8) is 0 Å². The number of amides is 1. The third kappa shape index (κ3) is 9.05. The molecule has 1 amide bonds. The predicted octanol–water partition coefficient (Wildman–Crippen LogP) is 2.90. The van der Waals surface area contributed by atoms with Gasteiger partial charge in [-0.15, -0.1) is 0 Å². The minimum atomic E-state index is -0.925. The minimum Gasteiger partial charge on any atom is -0.464 e. The summed E-state index contributed by atoms with van der Waals surface area (Å²) in [5.41, 5.74) is 0.160. The molecule has 7 nitrogen and oxygen atoms in total. The number of alkyl carbamates (subject to hydrolysis) is 1. The number of benzene rings is 1. The zero-order valence-corrected chi connectivity index (χ0v) is 15.8. The maximum atomic E-state index is 12.1. The van der Waals surface area contributed by atoms with Gasteiger partial charge in [-0.1, -0.05) is 18.2 Å². The lowest BCUT2D eigenvalue weighted by Crippen LogP contribution is -2.44. The number of hydrogen-bond donors (Lipinski definition) is 2. The third-order valence-corrected chi connectivity index (χ3v) is 3.24. The van der Waals surface area contributed by atoms with E-state index in [9.17, 15) is 14.4 Å². The first kappa shape index (κ1) is 21.5. The summed E-state index contributed by atoms with van der Waals surface area (Å²) >= 11 is 0. The van der Waals surface area contributed by atoms with Crippen LogP contribution in [0.1, 0.15) is 40.5 Å². The zero-order valence-electron chi connectivity index (χ0n) is 15.8. The molecule has 0 radical (unpaired) electrons. The number of carbonyl (C=O) groups is 3. The molecule has 1 aromatic carbocycles. The molecule has 0 saturated carbocycles. The summed E-state index contributed by atoms with van der Waals surface area (Å²) in [6.45, 7) is 7.19. The van der Waals surface area contributed by atoms with Crippen molar-refractivity contribution in [2.45, 2.75) is 52.2 Å². The molecule has 1 atom stereocenters. The van der Waals surface area contributed by atoms with Crippen LogP contribution in [0.3, 0.4) is 0 Å². The van der Waals surface area contributed by atoms with Crippen LogP contribution in [0.5, 0.6) is 0 Å². The number of Topliss-reactive ketones (excluding diaryl/α,β-unsaturated/α-hetero) is 1. The quantitative estimate of drug-likeness (QED) is 0.655. The molecule has 26 heavy (non-hydrogen) atoms. The molecule has 144 valence electrons. The lowest BCUT2D eigenvalue weighted by atomic mass is 10.1. The molecule has 0 bridgehead atoms. The van der Waals surface area contributed by atoms with Gasteiger partial charge in [0, 0.05) is 12.1 Å². The summed E-state index contributed by atoms with van der Waals surface area (Å²) in [6, 6.07) is 8.42. The number of anilines is 1. The van der Waals surface area contributed by atoms with Gasteiger partial charge in [0.1, 0.15) is 11.6 Å². The van der Waals surface area contributed by atoms with Crippen molar-refractivity contribution >= 4 is 23.5 Å². The van der Waals surface area contributed by atoms with Gasteiger partial charge in [0.25, 0.3) is 0 Å². The average molecular weight is 364 g/mol. The Labute approximate surface area is 154 Å². The van der Waals surface area contributed by atoms with Gasteiger partial charge in [0.15, 0.2) is 5.78 Å². The molecule has 0 saturated heterocycles. The van der Waals surface area contributed by atoms with E-state index in [1.165, 1.54) is 0 Å². The largest absolute Gasteiger partial charge is 0.464 e. The fraction of sp³-hybridized carbons (Fsp3) is 0.526. The van der Waals surface area contributed by atoms with Crippen molar-refractivity contribution in [2.75, 3.05) is 18.5 Å². The molecule has 1 rings (SSSR count). The van der Waals surface area contributed by atoms with Gasteiger partial charge in [-0.25, -0.2) is 9.59 Å². The molecule has 0 unspecified atom stereocenters. The number of esters is 1. The van der Waals surface area contributed by atoms with Crippen molar-refractivity contribution in [2.24, 2.45) is 0 Å². The van der Waals surface area contributed by atoms with E-state index in [2.05, 4.69) is 10.6 Å². The standard InChI is InChI=1S/C19H28N2O5/c1-5-25-17(23)16(21-18(24)26-19(2,3)4)12-11-15(22)13-20-14-9-7-6-8-10-14/h6-10,16,20H,5,11-13H2,1-4H3,(H,21,24)/t16-/m0/s1. The molecule has 0 fully saturated rings. The first-order valence-electron chi connectivity index (χ1n) is 8.68. The Morgan fingerprint density at radius 2 is 1.77 bits per heavy atom. The van der Waals surface area contributed by atoms with E-state index in [0.29, 0.717) is 0 Å². The van der Waals surface area contributed by atoms with Crippen molar-refractivity contribution in [3.8, 4) is 0 Å². The first-order valence-corrected chi connectivity index (χ1v) is 8.68. The average Bonchev–Trinajstić information content (AvgIpc) is 2.56. The van der Waals surface area contributed by atoms with Gasteiger partial charge in [-0.2, -0.15) is 0 Å². The van der Waals surface area contributed by atoms with Gasteiger partial charge in [-0.3, -0.25) is 4.79 Å². The molecule has 0 aliphatic heterocycles. The van der Waals surface area contributed by atoms with Crippen molar-refractivity contribution in [3.05, 3.63) is 30.3 Å². The molecule has 0 aliphatic carbocycles. The fourth-order valence-corrected chi connectivity index (χ4v) is 2.09. The fourth-order valence-electron chi connectivity index (χ4n) is 2.09. The van der Waals surface area contributed by atoms with Crippen molar-refractivity contribution in [1.29, 1.82) is 0 Å². The molecule has 0 heterocycles. The number of rotatable bonds is 9. The highest BCUT2D eigenvalue weighted by Crippen LogP contribution is 2.09. The van der Waals surface area contributed by atoms with Crippen LogP contribution in [0.4, 0.5) is 10.5 Å². The van der Waals surface area contributed by atoms with Crippen LogP contribution in [0.2, 0.25) is 0 Å². The minimum absolute atomic E-state index is 0.0749. The Morgan fingerprint density at radius 1 is 1.12 bits per heavy atom. The molecule has 1 aromatic rings. The van der Waals surface area contributed by atoms with Crippen LogP contribution in [-0.4, -0.2) is 42.6 Å². The summed E-state index contributed by atoms with van der Waals surface area (Å²) in [5.74, 6) is -0.656. The summed E-state index contributed by atoms with van der Waals surface area (Å²) in [4.78, 5) is 36.0. The molecule has 0 spiro atoms. The SMILES string of the molecule is CCOC(=O)[C@H](CCC(=O)CNc1ccccc1)NC(=O)OC(C)(C)C. The van der Waals surface area contributed by atoms with E-state index < -0.39 is 23.7 Å². The smallest absolute Gasteiger partial charge is 0.408 e. The van der Waals surface area contributed by atoms with Crippen LogP contribution in [0.25, 0.3) is 0 Å². The number of para-hydroxylation sites is 1. The second-order valence-electron chi connectivity index (χ2n) is 6.75. The van der Waals surface area contributed by atoms with E-state index in [1.54, 1.807) is 27.7 Å². The monoisotopic (exact) mass is 364 g/mol. The molecule has 0 aromatic heterocycles. The van der Waals surface area contributed by atoms with Gasteiger partial charge in [-0.05, 0) is 46.2 Å². The zero-order chi connectivity index (χ0) is 19.6. The van der Waals surface area contributed by atoms with E-state index in [-0.39, 0.29) is 31.8 Å². The summed E-state index contributed by atoms with van der Waals surface area (Å²) in [6.07, 6.45) is -0.447. The number of hydrogen-bond acceptors (Lipinski definition) is 6. The maximum Gasteiger partial charge on any atom is 0.408 e. The Hall–Kier alpha value is -2.57. The van der Waals surface area contributed by atoms with Crippen LogP contribution in [0.15, 0.2) is 30.3 Å². The Kier molecular flexibility index (Phi) is 8.61. The van der Waals surface area contributed by atoms with Crippen LogP contribution >= 0.6 is 0 Å².